The third kappa shape index (κ3) is 4.65. The first kappa shape index (κ1) is 17.3. The normalized spacial score (nSPS) is 16.6. The van der Waals surface area contributed by atoms with Crippen molar-refractivity contribution < 1.29 is 4.57 Å². The summed E-state index contributed by atoms with van der Waals surface area (Å²) in [6.07, 6.45) is 0.985. The van der Waals surface area contributed by atoms with E-state index in [1.165, 1.54) is 11.4 Å². The van der Waals surface area contributed by atoms with Gasteiger partial charge >= 0.3 is 0 Å². The van der Waals surface area contributed by atoms with E-state index in [1.807, 2.05) is 44.3 Å². The molecule has 0 fully saturated rings. The molecule has 1 aromatic rings. The van der Waals surface area contributed by atoms with E-state index >= 15 is 0 Å². The topological polar surface area (TPSA) is 44.7 Å². The van der Waals surface area contributed by atoms with Crippen LogP contribution in [0.15, 0.2) is 35.3 Å². The van der Waals surface area contributed by atoms with Crippen molar-refractivity contribution in [1.82, 2.24) is 9.76 Å². The second-order valence-corrected chi connectivity index (χ2v) is 9.81. The maximum Gasteiger partial charge on any atom is 0.293 e. The van der Waals surface area contributed by atoms with E-state index in [1.54, 1.807) is 11.7 Å². The van der Waals surface area contributed by atoms with Crippen LogP contribution in [0.4, 0.5) is 5.69 Å². The van der Waals surface area contributed by atoms with Gasteiger partial charge in [0.05, 0.1) is 5.69 Å². The fourth-order valence-corrected chi connectivity index (χ4v) is 6.16. The molecule has 0 radical (unpaired) electrons. The molecule has 0 aliphatic rings. The average molecular weight is 313 g/mol. The van der Waals surface area contributed by atoms with Crippen molar-refractivity contribution in [3.63, 3.8) is 0 Å². The van der Waals surface area contributed by atoms with Gasteiger partial charge in [0, 0.05) is 12.3 Å². The summed E-state index contributed by atoms with van der Waals surface area (Å²) in [5.41, 5.74) is 0.869. The van der Waals surface area contributed by atoms with Gasteiger partial charge in [0.1, 0.15) is 5.84 Å². The van der Waals surface area contributed by atoms with Crippen molar-refractivity contribution in [3.05, 3.63) is 30.3 Å². The van der Waals surface area contributed by atoms with Crippen molar-refractivity contribution in [1.29, 1.82) is 0 Å². The lowest BCUT2D eigenvalue weighted by molar-refractivity contribution is 0.547. The van der Waals surface area contributed by atoms with Gasteiger partial charge in [-0.05, 0) is 32.5 Å². The maximum absolute atomic E-state index is 13.0. The van der Waals surface area contributed by atoms with E-state index in [2.05, 4.69) is 23.9 Å². The Labute approximate surface area is 126 Å². The molecule has 0 amide bonds. The first-order valence-corrected chi connectivity index (χ1v) is 9.89. The van der Waals surface area contributed by atoms with Crippen molar-refractivity contribution in [2.24, 2.45) is 4.99 Å². The lowest BCUT2D eigenvalue weighted by Gasteiger charge is -2.30. The SMILES string of the molecule is CCC(C)SP(=O)(NC)N(C)C(C)=Nc1ccccc1. The first-order valence-electron chi connectivity index (χ1n) is 6.75. The monoisotopic (exact) mass is 313 g/mol. The van der Waals surface area contributed by atoms with Crippen molar-refractivity contribution >= 4 is 29.5 Å². The number of amidine groups is 1. The van der Waals surface area contributed by atoms with Gasteiger partial charge in [0.2, 0.25) is 0 Å². The van der Waals surface area contributed by atoms with E-state index in [-0.39, 0.29) is 0 Å². The van der Waals surface area contributed by atoms with Gasteiger partial charge in [-0.2, -0.15) is 0 Å². The average Bonchev–Trinajstić information content (AvgIpc) is 2.47. The molecule has 6 heteroatoms. The summed E-state index contributed by atoms with van der Waals surface area (Å²) in [4.78, 5) is 4.52. The molecule has 1 N–H and O–H groups in total. The van der Waals surface area contributed by atoms with Crippen LogP contribution in [0.25, 0.3) is 0 Å². The molecule has 0 saturated heterocycles. The van der Waals surface area contributed by atoms with E-state index < -0.39 is 6.65 Å². The zero-order valence-corrected chi connectivity index (χ0v) is 14.5. The molecule has 2 unspecified atom stereocenters. The predicted molar refractivity (Wildman–Crippen MR) is 91.0 cm³/mol. The molecule has 4 nitrogen and oxygen atoms in total. The number of hydrogen-bond donors (Lipinski definition) is 1. The van der Waals surface area contributed by atoms with Crippen LogP contribution in [0.3, 0.4) is 0 Å². The van der Waals surface area contributed by atoms with Gasteiger partial charge in [-0.15, -0.1) is 0 Å². The van der Waals surface area contributed by atoms with Crippen LogP contribution < -0.4 is 5.09 Å². The lowest BCUT2D eigenvalue weighted by atomic mass is 10.3. The van der Waals surface area contributed by atoms with Gasteiger partial charge in [-0.25, -0.2) is 10.1 Å². The van der Waals surface area contributed by atoms with Crippen molar-refractivity contribution in [2.45, 2.75) is 32.4 Å². The van der Waals surface area contributed by atoms with Crippen molar-refractivity contribution in [2.75, 3.05) is 14.1 Å². The molecule has 112 valence electrons. The standard InChI is InChI=1S/C14H24N3OPS/c1-6-12(2)20-19(18,15-4)17(5)13(3)16-14-10-8-7-9-11-14/h7-12H,6H2,1-5H3,(H,15,18). The molecular formula is C14H24N3OPS. The Balaban J connectivity index is 2.93. The van der Waals surface area contributed by atoms with E-state index in [0.717, 1.165) is 17.9 Å². The predicted octanol–water partition coefficient (Wildman–Crippen LogP) is 4.53. The Morgan fingerprint density at radius 1 is 1.45 bits per heavy atom. The zero-order chi connectivity index (χ0) is 15.2. The molecule has 0 aromatic heterocycles. The Morgan fingerprint density at radius 3 is 2.55 bits per heavy atom. The minimum absolute atomic E-state index is 0.334. The minimum atomic E-state index is -2.69. The number of rotatable bonds is 6. The summed E-state index contributed by atoms with van der Waals surface area (Å²) in [6, 6.07) is 9.71. The van der Waals surface area contributed by atoms with E-state index in [4.69, 9.17) is 0 Å². The summed E-state index contributed by atoms with van der Waals surface area (Å²) >= 11 is 1.48. The third-order valence-corrected chi connectivity index (χ3v) is 8.93. The first-order chi connectivity index (χ1) is 9.42. The maximum atomic E-state index is 13.0. The van der Waals surface area contributed by atoms with Crippen molar-refractivity contribution in [3.8, 4) is 0 Å². The van der Waals surface area contributed by atoms with E-state index in [0.29, 0.717) is 5.25 Å². The van der Waals surface area contributed by atoms with E-state index in [9.17, 15) is 4.57 Å². The highest BCUT2D eigenvalue weighted by atomic mass is 32.7. The molecule has 20 heavy (non-hydrogen) atoms. The van der Waals surface area contributed by atoms with Gasteiger partial charge < -0.3 is 0 Å². The van der Waals surface area contributed by atoms with Crippen LogP contribution in [0.5, 0.6) is 0 Å². The summed E-state index contributed by atoms with van der Waals surface area (Å²) in [5.74, 6) is 0.740. The van der Waals surface area contributed by atoms with Crippen LogP contribution in [-0.2, 0) is 4.57 Å². The third-order valence-electron chi connectivity index (χ3n) is 3.09. The van der Waals surface area contributed by atoms with Crippen LogP contribution in [0.2, 0.25) is 0 Å². The zero-order valence-electron chi connectivity index (χ0n) is 12.8. The Bertz CT molecular complexity index is 492. The molecule has 2 atom stereocenters. The number of para-hydroxylation sites is 1. The Morgan fingerprint density at radius 2 is 2.05 bits per heavy atom. The number of benzene rings is 1. The highest BCUT2D eigenvalue weighted by Gasteiger charge is 2.29. The second kappa shape index (κ2) is 7.87. The molecule has 0 saturated carbocycles. The molecule has 0 spiro atoms. The quantitative estimate of drug-likeness (QED) is 0.476. The van der Waals surface area contributed by atoms with Gasteiger partial charge in [-0.1, -0.05) is 43.4 Å². The molecule has 0 heterocycles. The van der Waals surface area contributed by atoms with Gasteiger partial charge in [-0.3, -0.25) is 9.24 Å². The van der Waals surface area contributed by atoms with Crippen LogP contribution in [-0.4, -0.2) is 29.9 Å². The van der Waals surface area contributed by atoms with Crippen LogP contribution in [0, 0.1) is 0 Å². The second-order valence-electron chi connectivity index (χ2n) is 4.59. The fraction of sp³-hybridized carbons (Fsp3) is 0.500. The lowest BCUT2D eigenvalue weighted by Crippen LogP contribution is -2.26. The molecule has 0 bridgehead atoms. The highest BCUT2D eigenvalue weighted by molar-refractivity contribution is 8.57. The summed E-state index contributed by atoms with van der Waals surface area (Å²) in [5, 5.41) is 3.31. The Hall–Kier alpha value is -0.770. The largest absolute Gasteiger partial charge is 0.294 e. The fourth-order valence-electron chi connectivity index (χ4n) is 1.54. The minimum Gasteiger partial charge on any atom is -0.294 e. The number of hydrogen-bond acceptors (Lipinski definition) is 3. The summed E-state index contributed by atoms with van der Waals surface area (Å²) in [7, 11) is 3.57. The van der Waals surface area contributed by atoms with Crippen LogP contribution in [0.1, 0.15) is 27.2 Å². The molecular weight excluding hydrogens is 289 g/mol. The van der Waals surface area contributed by atoms with Gasteiger partial charge in [0.15, 0.2) is 0 Å². The number of aliphatic imine (C=N–C) groups is 1. The Kier molecular flexibility index (Phi) is 6.80. The smallest absolute Gasteiger partial charge is 0.293 e. The summed E-state index contributed by atoms with van der Waals surface area (Å²) in [6.45, 7) is 3.38. The molecule has 0 aliphatic heterocycles. The van der Waals surface area contributed by atoms with Crippen LogP contribution >= 0.6 is 18.0 Å². The molecule has 0 aliphatic carbocycles. The van der Waals surface area contributed by atoms with Gasteiger partial charge in [0.25, 0.3) is 6.65 Å². The highest BCUT2D eigenvalue weighted by Crippen LogP contribution is 2.59. The number of nitrogens with one attached hydrogen (secondary N) is 1. The number of nitrogens with zero attached hydrogens (tertiary/aromatic N) is 2. The summed E-state index contributed by atoms with van der Waals surface area (Å²) < 4.78 is 14.7. The molecule has 1 aromatic carbocycles. The molecule has 1 rings (SSSR count).